The van der Waals surface area contributed by atoms with Gasteiger partial charge in [-0.3, -0.25) is 4.79 Å². The van der Waals surface area contributed by atoms with Crippen molar-refractivity contribution in [1.29, 1.82) is 0 Å². The molecule has 0 amide bonds. The fraction of sp³-hybridized carbons (Fsp3) is 0.333. The fourth-order valence-electron chi connectivity index (χ4n) is 2.26. The van der Waals surface area contributed by atoms with Crippen molar-refractivity contribution < 1.29 is 14.3 Å². The Morgan fingerprint density at radius 2 is 1.79 bits per heavy atom. The summed E-state index contributed by atoms with van der Waals surface area (Å²) < 4.78 is 11.7. The van der Waals surface area contributed by atoms with E-state index in [4.69, 9.17) is 9.47 Å². The van der Waals surface area contributed by atoms with Crippen LogP contribution in [0.25, 0.3) is 11.1 Å². The lowest BCUT2D eigenvalue weighted by Crippen LogP contribution is -2.35. The van der Waals surface area contributed by atoms with Gasteiger partial charge < -0.3 is 9.47 Å². The lowest BCUT2D eigenvalue weighted by Gasteiger charge is -2.21. The number of hydrogen-bond acceptors (Lipinski definition) is 4. The summed E-state index contributed by atoms with van der Waals surface area (Å²) >= 11 is 3.31. The Labute approximate surface area is 149 Å². The number of pyridine rings is 1. The first kappa shape index (κ1) is 18.3. The van der Waals surface area contributed by atoms with Gasteiger partial charge in [-0.15, -0.1) is 0 Å². The highest BCUT2D eigenvalue weighted by molar-refractivity contribution is 9.08. The van der Waals surface area contributed by atoms with Crippen LogP contribution in [0.15, 0.2) is 41.2 Å². The molecule has 5 nitrogen and oxygen atoms in total. The molecule has 1 aromatic carbocycles. The highest BCUT2D eigenvalue weighted by Crippen LogP contribution is 2.27. The second kappa shape index (κ2) is 7.21. The molecule has 0 aliphatic heterocycles. The maximum Gasteiger partial charge on any atom is 0.421 e. The number of benzene rings is 1. The number of halogens is 1. The van der Waals surface area contributed by atoms with Crippen LogP contribution in [0.5, 0.6) is 5.75 Å². The van der Waals surface area contributed by atoms with Crippen LogP contribution in [0.3, 0.4) is 0 Å². The number of rotatable bonds is 3. The number of aromatic nitrogens is 1. The summed E-state index contributed by atoms with van der Waals surface area (Å²) in [7, 11) is 1.54. The number of para-hydroxylation sites is 1. The van der Waals surface area contributed by atoms with E-state index in [1.807, 2.05) is 12.1 Å². The van der Waals surface area contributed by atoms with Gasteiger partial charge >= 0.3 is 6.09 Å². The van der Waals surface area contributed by atoms with Gasteiger partial charge in [0.15, 0.2) is 0 Å². The molecule has 1 aromatic heterocycles. The van der Waals surface area contributed by atoms with Crippen LogP contribution in [0, 0.1) is 0 Å². The number of methoxy groups -OCH3 is 1. The molecule has 0 saturated heterocycles. The number of carbonyl (C=O) groups excluding carboxylic acids is 1. The largest absolute Gasteiger partial charge is 0.496 e. The SMILES string of the molecule is COc1ccccc1-c1ccc(CBr)n(C(=O)OC(C)(C)C)c1=O. The lowest BCUT2D eigenvalue weighted by atomic mass is 10.1. The van der Waals surface area contributed by atoms with E-state index < -0.39 is 17.3 Å². The summed E-state index contributed by atoms with van der Waals surface area (Å²) in [5.74, 6) is 0.567. The van der Waals surface area contributed by atoms with Gasteiger partial charge in [-0.05, 0) is 39.0 Å². The molecule has 6 heteroatoms. The van der Waals surface area contributed by atoms with Crippen LogP contribution in [0.1, 0.15) is 26.5 Å². The molecular weight excluding hydrogens is 374 g/mol. The Kier molecular flexibility index (Phi) is 5.49. The van der Waals surface area contributed by atoms with Gasteiger partial charge in [0.2, 0.25) is 0 Å². The van der Waals surface area contributed by atoms with E-state index in [1.54, 1.807) is 45.0 Å². The quantitative estimate of drug-likeness (QED) is 0.733. The van der Waals surface area contributed by atoms with E-state index >= 15 is 0 Å². The van der Waals surface area contributed by atoms with Crippen molar-refractivity contribution >= 4 is 22.0 Å². The van der Waals surface area contributed by atoms with Gasteiger partial charge in [-0.2, -0.15) is 0 Å². The zero-order chi connectivity index (χ0) is 17.9. The van der Waals surface area contributed by atoms with Crippen LogP contribution < -0.4 is 10.3 Å². The maximum atomic E-state index is 12.9. The normalized spacial score (nSPS) is 11.2. The van der Waals surface area contributed by atoms with Crippen molar-refractivity contribution in [3.63, 3.8) is 0 Å². The Balaban J connectivity index is 2.64. The van der Waals surface area contributed by atoms with Crippen molar-refractivity contribution in [3.8, 4) is 16.9 Å². The highest BCUT2D eigenvalue weighted by atomic mass is 79.9. The van der Waals surface area contributed by atoms with Crippen molar-refractivity contribution in [2.75, 3.05) is 7.11 Å². The molecule has 0 spiro atoms. The van der Waals surface area contributed by atoms with E-state index in [0.29, 0.717) is 27.9 Å². The van der Waals surface area contributed by atoms with Crippen molar-refractivity contribution in [1.82, 2.24) is 4.57 Å². The first-order valence-corrected chi connectivity index (χ1v) is 8.58. The minimum Gasteiger partial charge on any atom is -0.496 e. The molecule has 0 N–H and O–H groups in total. The first-order chi connectivity index (χ1) is 11.3. The zero-order valence-corrected chi connectivity index (χ0v) is 15.7. The third-order valence-electron chi connectivity index (χ3n) is 3.27. The summed E-state index contributed by atoms with van der Waals surface area (Å²) in [6, 6.07) is 10.6. The molecule has 0 saturated carbocycles. The Morgan fingerprint density at radius 3 is 2.38 bits per heavy atom. The molecule has 0 aliphatic rings. The Morgan fingerprint density at radius 1 is 1.12 bits per heavy atom. The topological polar surface area (TPSA) is 57.5 Å². The van der Waals surface area contributed by atoms with E-state index in [2.05, 4.69) is 15.9 Å². The molecular formula is C18H20BrNO4. The molecule has 2 aromatic rings. The van der Waals surface area contributed by atoms with Gasteiger partial charge in [-0.25, -0.2) is 9.36 Å². The monoisotopic (exact) mass is 393 g/mol. The van der Waals surface area contributed by atoms with Crippen molar-refractivity contribution in [2.24, 2.45) is 0 Å². The Bertz CT molecular complexity index is 805. The summed E-state index contributed by atoms with van der Waals surface area (Å²) in [5, 5.41) is 0.355. The average molecular weight is 394 g/mol. The summed E-state index contributed by atoms with van der Waals surface area (Å²) in [4.78, 5) is 25.4. The van der Waals surface area contributed by atoms with Crippen LogP contribution in [0.4, 0.5) is 4.79 Å². The van der Waals surface area contributed by atoms with E-state index in [9.17, 15) is 9.59 Å². The maximum absolute atomic E-state index is 12.9. The molecule has 0 fully saturated rings. The summed E-state index contributed by atoms with van der Waals surface area (Å²) in [6.45, 7) is 5.27. The second-order valence-corrected chi connectivity index (χ2v) is 6.75. The van der Waals surface area contributed by atoms with Crippen LogP contribution in [-0.4, -0.2) is 23.4 Å². The van der Waals surface area contributed by atoms with Crippen LogP contribution in [-0.2, 0) is 10.1 Å². The van der Waals surface area contributed by atoms with E-state index in [0.717, 1.165) is 4.57 Å². The highest BCUT2D eigenvalue weighted by Gasteiger charge is 2.23. The summed E-state index contributed by atoms with van der Waals surface area (Å²) in [5.41, 5.74) is 0.394. The van der Waals surface area contributed by atoms with Gasteiger partial charge in [0.1, 0.15) is 11.4 Å². The smallest absolute Gasteiger partial charge is 0.421 e. The lowest BCUT2D eigenvalue weighted by molar-refractivity contribution is 0.0527. The van der Waals surface area contributed by atoms with E-state index in [1.165, 1.54) is 7.11 Å². The van der Waals surface area contributed by atoms with Gasteiger partial charge in [0, 0.05) is 16.6 Å². The second-order valence-electron chi connectivity index (χ2n) is 6.19. The molecule has 1 heterocycles. The molecule has 0 aliphatic carbocycles. The third-order valence-corrected chi connectivity index (χ3v) is 3.85. The number of hydrogen-bond donors (Lipinski definition) is 0. The zero-order valence-electron chi connectivity index (χ0n) is 14.1. The average Bonchev–Trinajstić information content (AvgIpc) is 2.52. The van der Waals surface area contributed by atoms with Crippen LogP contribution in [0.2, 0.25) is 0 Å². The van der Waals surface area contributed by atoms with Crippen LogP contribution >= 0.6 is 15.9 Å². The standard InChI is InChI=1S/C18H20BrNO4/c1-18(2,3)24-17(22)20-12(11-19)9-10-14(16(20)21)13-7-5-6-8-15(13)23-4/h5-10H,11H2,1-4H3. The molecule has 128 valence electrons. The molecule has 2 rings (SSSR count). The molecule has 0 bridgehead atoms. The number of nitrogens with zero attached hydrogens (tertiary/aromatic N) is 1. The number of carbonyl (C=O) groups is 1. The number of ether oxygens (including phenoxy) is 2. The van der Waals surface area contributed by atoms with Crippen molar-refractivity contribution in [3.05, 3.63) is 52.4 Å². The molecule has 0 radical (unpaired) electrons. The number of alkyl halides is 1. The predicted octanol–water partition coefficient (Wildman–Crippen LogP) is 4.20. The molecule has 0 unspecified atom stereocenters. The van der Waals surface area contributed by atoms with Gasteiger partial charge in [0.25, 0.3) is 5.56 Å². The molecule has 24 heavy (non-hydrogen) atoms. The minimum atomic E-state index is -0.696. The predicted molar refractivity (Wildman–Crippen MR) is 97.0 cm³/mol. The van der Waals surface area contributed by atoms with Gasteiger partial charge in [-0.1, -0.05) is 34.1 Å². The molecule has 0 atom stereocenters. The Hall–Kier alpha value is -2.08. The first-order valence-electron chi connectivity index (χ1n) is 7.46. The van der Waals surface area contributed by atoms with Crippen molar-refractivity contribution in [2.45, 2.75) is 31.7 Å². The van der Waals surface area contributed by atoms with E-state index in [-0.39, 0.29) is 0 Å². The summed E-state index contributed by atoms with van der Waals surface area (Å²) in [6.07, 6.45) is -0.696. The van der Waals surface area contributed by atoms with Gasteiger partial charge in [0.05, 0.1) is 12.7 Å². The third kappa shape index (κ3) is 3.87. The minimum absolute atomic E-state index is 0.355. The fourth-order valence-corrected chi connectivity index (χ4v) is 2.70.